The van der Waals surface area contributed by atoms with Gasteiger partial charge in [-0.15, -0.1) is 0 Å². The Labute approximate surface area is 201 Å². The lowest BCUT2D eigenvalue weighted by molar-refractivity contribution is -0.137. The first-order chi connectivity index (χ1) is 15.8. The lowest BCUT2D eigenvalue weighted by atomic mass is 10.0. The van der Waals surface area contributed by atoms with E-state index in [1.54, 1.807) is 24.3 Å². The standard InChI is InChI=1S/C25H22Cl2N2O4/c26-20-11-10-19(21(27)14-20)15-29(22(24(28)32)12-13-23(30)31)25(33)18-8-6-17(7-9-18)16-4-2-1-3-5-16/h1-11,14,22H,12-13,15H2,(H2,28,32)(H,30,31)/t22-/m0/s1. The summed E-state index contributed by atoms with van der Waals surface area (Å²) in [6, 6.07) is 20.3. The monoisotopic (exact) mass is 484 g/mol. The largest absolute Gasteiger partial charge is 0.481 e. The van der Waals surface area contributed by atoms with Gasteiger partial charge in [0.25, 0.3) is 5.91 Å². The number of nitrogens with two attached hydrogens (primary N) is 1. The van der Waals surface area contributed by atoms with E-state index in [1.165, 1.54) is 11.0 Å². The zero-order valence-corrected chi connectivity index (χ0v) is 19.1. The van der Waals surface area contributed by atoms with E-state index in [4.69, 9.17) is 34.0 Å². The fraction of sp³-hybridized carbons (Fsp3) is 0.160. The Morgan fingerprint density at radius 1 is 0.909 bits per heavy atom. The predicted octanol–water partition coefficient (Wildman–Crippen LogP) is 5.02. The SMILES string of the molecule is NC(=O)[C@H](CCC(=O)O)N(Cc1ccc(Cl)cc1Cl)C(=O)c1ccc(-c2ccccc2)cc1. The molecule has 1 atom stereocenters. The van der Waals surface area contributed by atoms with E-state index in [2.05, 4.69) is 0 Å². The van der Waals surface area contributed by atoms with Gasteiger partial charge in [0.1, 0.15) is 6.04 Å². The number of rotatable bonds is 9. The number of aliphatic carboxylic acids is 1. The van der Waals surface area contributed by atoms with Crippen molar-refractivity contribution in [3.8, 4) is 11.1 Å². The van der Waals surface area contributed by atoms with Crippen molar-refractivity contribution in [2.45, 2.75) is 25.4 Å². The molecule has 3 N–H and O–H groups in total. The molecule has 0 aliphatic heterocycles. The van der Waals surface area contributed by atoms with Crippen molar-refractivity contribution in [1.29, 1.82) is 0 Å². The Morgan fingerprint density at radius 2 is 1.55 bits per heavy atom. The fourth-order valence-electron chi connectivity index (χ4n) is 3.47. The molecule has 170 valence electrons. The number of halogens is 2. The molecule has 0 saturated carbocycles. The van der Waals surface area contributed by atoms with Gasteiger partial charge in [-0.25, -0.2) is 0 Å². The highest BCUT2D eigenvalue weighted by atomic mass is 35.5. The van der Waals surface area contributed by atoms with Crippen molar-refractivity contribution in [1.82, 2.24) is 4.90 Å². The Morgan fingerprint density at radius 3 is 2.12 bits per heavy atom. The van der Waals surface area contributed by atoms with Crippen LogP contribution in [0.5, 0.6) is 0 Å². The van der Waals surface area contributed by atoms with Gasteiger partial charge < -0.3 is 15.7 Å². The molecule has 6 nitrogen and oxygen atoms in total. The Hall–Kier alpha value is -3.35. The predicted molar refractivity (Wildman–Crippen MR) is 128 cm³/mol. The van der Waals surface area contributed by atoms with Gasteiger partial charge in [0.05, 0.1) is 0 Å². The molecule has 0 aliphatic rings. The molecular weight excluding hydrogens is 463 g/mol. The second-order valence-electron chi connectivity index (χ2n) is 7.46. The number of benzene rings is 3. The summed E-state index contributed by atoms with van der Waals surface area (Å²) in [6.45, 7) is -0.0392. The van der Waals surface area contributed by atoms with Crippen molar-refractivity contribution in [2.75, 3.05) is 0 Å². The number of carboxylic acids is 1. The van der Waals surface area contributed by atoms with E-state index in [-0.39, 0.29) is 19.4 Å². The summed E-state index contributed by atoms with van der Waals surface area (Å²) >= 11 is 12.3. The minimum Gasteiger partial charge on any atom is -0.481 e. The summed E-state index contributed by atoms with van der Waals surface area (Å²) in [5.41, 5.74) is 8.39. The molecule has 8 heteroatoms. The lowest BCUT2D eigenvalue weighted by Gasteiger charge is -2.30. The topological polar surface area (TPSA) is 101 Å². The molecule has 0 radical (unpaired) electrons. The molecule has 0 saturated heterocycles. The molecule has 0 heterocycles. The van der Waals surface area contributed by atoms with Crippen LogP contribution in [0.1, 0.15) is 28.8 Å². The number of nitrogens with zero attached hydrogens (tertiary/aromatic N) is 1. The highest BCUT2D eigenvalue weighted by molar-refractivity contribution is 6.35. The molecule has 3 aromatic carbocycles. The average Bonchev–Trinajstić information content (AvgIpc) is 2.79. The van der Waals surface area contributed by atoms with E-state index in [0.717, 1.165) is 11.1 Å². The lowest BCUT2D eigenvalue weighted by Crippen LogP contribution is -2.47. The van der Waals surface area contributed by atoms with Gasteiger partial charge in [0.15, 0.2) is 0 Å². The minimum absolute atomic E-state index is 0.0392. The van der Waals surface area contributed by atoms with Gasteiger partial charge in [-0.1, -0.05) is 71.7 Å². The number of hydrogen-bond donors (Lipinski definition) is 2. The second kappa shape index (κ2) is 11.0. The zero-order chi connectivity index (χ0) is 24.0. The number of amides is 2. The van der Waals surface area contributed by atoms with E-state index in [9.17, 15) is 14.4 Å². The minimum atomic E-state index is -1.13. The molecule has 0 bridgehead atoms. The van der Waals surface area contributed by atoms with Crippen LogP contribution in [0.15, 0.2) is 72.8 Å². The van der Waals surface area contributed by atoms with Crippen molar-refractivity contribution >= 4 is 41.0 Å². The molecule has 3 rings (SSSR count). The maximum atomic E-state index is 13.5. The van der Waals surface area contributed by atoms with E-state index >= 15 is 0 Å². The molecular formula is C25H22Cl2N2O4. The first-order valence-electron chi connectivity index (χ1n) is 10.2. The number of carbonyl (C=O) groups excluding carboxylic acids is 2. The van der Waals surface area contributed by atoms with Crippen molar-refractivity contribution in [3.63, 3.8) is 0 Å². The van der Waals surface area contributed by atoms with Gasteiger partial charge in [0.2, 0.25) is 5.91 Å². The van der Waals surface area contributed by atoms with Crippen LogP contribution in [-0.2, 0) is 16.1 Å². The highest BCUT2D eigenvalue weighted by Crippen LogP contribution is 2.26. The maximum absolute atomic E-state index is 13.5. The van der Waals surface area contributed by atoms with Crippen LogP contribution in [0.25, 0.3) is 11.1 Å². The quantitative estimate of drug-likeness (QED) is 0.444. The maximum Gasteiger partial charge on any atom is 0.303 e. The normalized spacial score (nSPS) is 11.6. The van der Waals surface area contributed by atoms with Gasteiger partial charge in [0, 0.05) is 28.6 Å². The summed E-state index contributed by atoms with van der Waals surface area (Å²) < 4.78 is 0. The molecule has 2 amide bonds. The van der Waals surface area contributed by atoms with Crippen LogP contribution < -0.4 is 5.73 Å². The van der Waals surface area contributed by atoms with Gasteiger partial charge in [-0.2, -0.15) is 0 Å². The summed E-state index contributed by atoms with van der Waals surface area (Å²) in [6.07, 6.45) is -0.442. The third-order valence-electron chi connectivity index (χ3n) is 5.19. The molecule has 0 aliphatic carbocycles. The third-order valence-corrected chi connectivity index (χ3v) is 5.78. The van der Waals surface area contributed by atoms with Crippen molar-refractivity contribution in [3.05, 3.63) is 94.0 Å². The smallest absolute Gasteiger partial charge is 0.303 e. The summed E-state index contributed by atoms with van der Waals surface area (Å²) in [5.74, 6) is -2.35. The summed E-state index contributed by atoms with van der Waals surface area (Å²) in [4.78, 5) is 38.1. The summed E-state index contributed by atoms with van der Waals surface area (Å²) in [5, 5.41) is 9.84. The average molecular weight is 485 g/mol. The fourth-order valence-corrected chi connectivity index (χ4v) is 3.94. The third kappa shape index (κ3) is 6.34. The molecule has 0 fully saturated rings. The first kappa shape index (κ1) is 24.3. The molecule has 0 aromatic heterocycles. The van der Waals surface area contributed by atoms with Crippen LogP contribution in [0.3, 0.4) is 0 Å². The Kier molecular flexibility index (Phi) is 8.09. The zero-order valence-electron chi connectivity index (χ0n) is 17.6. The van der Waals surface area contributed by atoms with E-state index in [1.807, 2.05) is 42.5 Å². The van der Waals surface area contributed by atoms with Crippen molar-refractivity contribution < 1.29 is 19.5 Å². The summed E-state index contributed by atoms with van der Waals surface area (Å²) in [7, 11) is 0. The van der Waals surface area contributed by atoms with Crippen LogP contribution in [-0.4, -0.2) is 33.8 Å². The Balaban J connectivity index is 1.95. The first-order valence-corrected chi connectivity index (χ1v) is 10.9. The van der Waals surface area contributed by atoms with Crippen LogP contribution in [0.2, 0.25) is 10.0 Å². The van der Waals surface area contributed by atoms with E-state index in [0.29, 0.717) is 21.2 Å². The van der Waals surface area contributed by atoms with Gasteiger partial charge >= 0.3 is 5.97 Å². The molecule has 0 spiro atoms. The highest BCUT2D eigenvalue weighted by Gasteiger charge is 2.30. The Bertz CT molecular complexity index is 1150. The van der Waals surface area contributed by atoms with Crippen LogP contribution in [0.4, 0.5) is 0 Å². The van der Waals surface area contributed by atoms with Crippen molar-refractivity contribution in [2.24, 2.45) is 5.73 Å². The second-order valence-corrected chi connectivity index (χ2v) is 8.31. The van der Waals surface area contributed by atoms with Gasteiger partial charge in [-0.05, 0) is 47.4 Å². The van der Waals surface area contributed by atoms with Gasteiger partial charge in [-0.3, -0.25) is 14.4 Å². The molecule has 3 aromatic rings. The van der Waals surface area contributed by atoms with E-state index < -0.39 is 23.8 Å². The number of carbonyl (C=O) groups is 3. The number of carboxylic acid groups (broad SMARTS) is 1. The van der Waals surface area contributed by atoms with Crippen LogP contribution >= 0.6 is 23.2 Å². The number of primary amides is 1. The molecule has 0 unspecified atom stereocenters. The number of hydrogen-bond acceptors (Lipinski definition) is 3. The molecule has 33 heavy (non-hydrogen) atoms. The van der Waals surface area contributed by atoms with Crippen LogP contribution in [0, 0.1) is 0 Å².